The maximum Gasteiger partial charge on any atom is 0.273 e. The summed E-state index contributed by atoms with van der Waals surface area (Å²) in [6, 6.07) is 0.329. The molecule has 1 saturated carbocycles. The van der Waals surface area contributed by atoms with E-state index in [2.05, 4.69) is 20.9 Å². The van der Waals surface area contributed by atoms with E-state index in [9.17, 15) is 9.90 Å². The summed E-state index contributed by atoms with van der Waals surface area (Å²) in [4.78, 5) is 12.2. The van der Waals surface area contributed by atoms with Gasteiger partial charge >= 0.3 is 0 Å². The van der Waals surface area contributed by atoms with E-state index < -0.39 is 0 Å². The molecule has 2 fully saturated rings. The molecule has 7 heteroatoms. The van der Waals surface area contributed by atoms with Gasteiger partial charge in [0, 0.05) is 12.5 Å². The van der Waals surface area contributed by atoms with Crippen LogP contribution in [-0.2, 0) is 0 Å². The molecule has 1 aromatic rings. The number of nitrogens with one attached hydrogen (secondary N) is 2. The number of carbonyl (C=O) groups excluding carboxylic acids is 1. The van der Waals surface area contributed by atoms with E-state index in [0.29, 0.717) is 18.3 Å². The van der Waals surface area contributed by atoms with Gasteiger partial charge in [0.05, 0.1) is 18.3 Å². The Morgan fingerprint density at radius 3 is 2.86 bits per heavy atom. The van der Waals surface area contributed by atoms with Crippen molar-refractivity contribution in [2.24, 2.45) is 5.92 Å². The summed E-state index contributed by atoms with van der Waals surface area (Å²) in [6.07, 6.45) is 7.49. The van der Waals surface area contributed by atoms with Crippen LogP contribution in [0.4, 0.5) is 0 Å². The van der Waals surface area contributed by atoms with E-state index in [0.717, 1.165) is 51.6 Å². The minimum Gasteiger partial charge on any atom is -0.393 e. The van der Waals surface area contributed by atoms with Gasteiger partial charge in [-0.1, -0.05) is 18.1 Å². The van der Waals surface area contributed by atoms with E-state index in [4.69, 9.17) is 0 Å². The second kappa shape index (κ2) is 7.19. The molecule has 0 spiro atoms. The van der Waals surface area contributed by atoms with Gasteiger partial charge in [0.2, 0.25) is 0 Å². The Morgan fingerprint density at radius 2 is 2.09 bits per heavy atom. The van der Waals surface area contributed by atoms with Crippen LogP contribution in [0.1, 0.15) is 55.1 Å². The van der Waals surface area contributed by atoms with Gasteiger partial charge in [0.1, 0.15) is 0 Å². The van der Waals surface area contributed by atoms with E-state index in [-0.39, 0.29) is 17.9 Å². The highest BCUT2D eigenvalue weighted by molar-refractivity contribution is 5.91. The van der Waals surface area contributed by atoms with Crippen molar-refractivity contribution in [1.29, 1.82) is 0 Å². The Hall–Kier alpha value is -1.47. The highest BCUT2D eigenvalue weighted by Gasteiger charge is 2.24. The first-order chi connectivity index (χ1) is 10.7. The molecule has 1 amide bonds. The molecule has 3 rings (SSSR count). The minimum absolute atomic E-state index is 0.164. The average molecular weight is 307 g/mol. The normalized spacial score (nSPS) is 26.8. The molecule has 0 radical (unpaired) electrons. The van der Waals surface area contributed by atoms with Crippen LogP contribution in [0, 0.1) is 5.92 Å². The molecule has 1 aliphatic heterocycles. The van der Waals surface area contributed by atoms with Gasteiger partial charge < -0.3 is 15.7 Å². The highest BCUT2D eigenvalue weighted by Crippen LogP contribution is 2.23. The molecule has 3 N–H and O–H groups in total. The summed E-state index contributed by atoms with van der Waals surface area (Å²) in [5.74, 6) is -0.0323. The van der Waals surface area contributed by atoms with Crippen molar-refractivity contribution in [3.63, 3.8) is 0 Å². The zero-order valence-electron chi connectivity index (χ0n) is 12.9. The lowest BCUT2D eigenvalue weighted by Crippen LogP contribution is -2.36. The number of hydrogen-bond acceptors (Lipinski definition) is 5. The molecule has 2 atom stereocenters. The van der Waals surface area contributed by atoms with Crippen LogP contribution in [0.15, 0.2) is 6.20 Å². The Kier molecular flexibility index (Phi) is 5.04. The van der Waals surface area contributed by atoms with Gasteiger partial charge in [0.15, 0.2) is 5.69 Å². The fourth-order valence-electron chi connectivity index (χ4n) is 3.37. The second-order valence-corrected chi connectivity index (χ2v) is 6.39. The maximum atomic E-state index is 12.2. The molecule has 0 aromatic carbocycles. The summed E-state index contributed by atoms with van der Waals surface area (Å²) in [6.45, 7) is 2.47. The molecule has 2 aliphatic rings. The number of carbonyl (C=O) groups is 1. The van der Waals surface area contributed by atoms with E-state index >= 15 is 0 Å². The monoisotopic (exact) mass is 307 g/mol. The third kappa shape index (κ3) is 3.64. The molecule has 1 aromatic heterocycles. The lowest BCUT2D eigenvalue weighted by atomic mass is 9.86. The number of nitrogens with zero attached hydrogens (tertiary/aromatic N) is 3. The minimum atomic E-state index is -0.292. The number of amides is 1. The third-order valence-corrected chi connectivity index (χ3v) is 4.82. The first-order valence-electron chi connectivity index (χ1n) is 8.33. The lowest BCUT2D eigenvalue weighted by molar-refractivity contribution is 0.0661. The molecule has 1 saturated heterocycles. The maximum absolute atomic E-state index is 12.2. The standard InChI is InChI=1S/C15H25N5O2/c21-14-4-2-1-3-11(14)9-17-15(22)13-10-20(19-18-13)12-5-7-16-8-6-12/h10-12,14,16,21H,1-9H2,(H,17,22)/t11-,14-/m1/s1. The van der Waals surface area contributed by atoms with Crippen LogP contribution >= 0.6 is 0 Å². The molecular formula is C15H25N5O2. The molecule has 122 valence electrons. The molecular weight excluding hydrogens is 282 g/mol. The van der Waals surface area contributed by atoms with Crippen LogP contribution in [0.25, 0.3) is 0 Å². The fraction of sp³-hybridized carbons (Fsp3) is 0.800. The number of piperidine rings is 1. The number of aromatic nitrogens is 3. The fourth-order valence-corrected chi connectivity index (χ4v) is 3.37. The van der Waals surface area contributed by atoms with Gasteiger partial charge in [-0.2, -0.15) is 0 Å². The lowest BCUT2D eigenvalue weighted by Gasteiger charge is -2.27. The Bertz CT molecular complexity index is 498. The van der Waals surface area contributed by atoms with Crippen LogP contribution < -0.4 is 10.6 Å². The topological polar surface area (TPSA) is 92.1 Å². The summed E-state index contributed by atoms with van der Waals surface area (Å²) in [7, 11) is 0. The van der Waals surface area contributed by atoms with E-state index in [1.54, 1.807) is 6.20 Å². The number of aliphatic hydroxyl groups excluding tert-OH is 1. The molecule has 22 heavy (non-hydrogen) atoms. The SMILES string of the molecule is O=C(NC[C@H]1CCCC[C@H]1O)c1cn(C2CCNCC2)nn1. The first-order valence-corrected chi connectivity index (χ1v) is 8.33. The van der Waals surface area contributed by atoms with Crippen molar-refractivity contribution in [2.75, 3.05) is 19.6 Å². The smallest absolute Gasteiger partial charge is 0.273 e. The van der Waals surface area contributed by atoms with E-state index in [1.807, 2.05) is 4.68 Å². The van der Waals surface area contributed by atoms with Crippen molar-refractivity contribution >= 4 is 5.91 Å². The quantitative estimate of drug-likeness (QED) is 0.752. The average Bonchev–Trinajstić information content (AvgIpc) is 3.05. The van der Waals surface area contributed by atoms with Crippen LogP contribution in [0.5, 0.6) is 0 Å². The van der Waals surface area contributed by atoms with E-state index in [1.165, 1.54) is 0 Å². The van der Waals surface area contributed by atoms with Crippen molar-refractivity contribution in [1.82, 2.24) is 25.6 Å². The predicted octanol–water partition coefficient (Wildman–Crippen LogP) is 0.483. The summed E-state index contributed by atoms with van der Waals surface area (Å²) in [5.41, 5.74) is 0.365. The van der Waals surface area contributed by atoms with Gasteiger partial charge in [-0.3, -0.25) is 4.79 Å². The molecule has 2 heterocycles. The van der Waals surface area contributed by atoms with Gasteiger partial charge in [-0.15, -0.1) is 5.10 Å². The van der Waals surface area contributed by atoms with Gasteiger partial charge in [-0.05, 0) is 38.8 Å². The summed E-state index contributed by atoms with van der Waals surface area (Å²) >= 11 is 0. The van der Waals surface area contributed by atoms with Crippen LogP contribution in [0.3, 0.4) is 0 Å². The second-order valence-electron chi connectivity index (χ2n) is 6.39. The zero-order chi connectivity index (χ0) is 15.4. The third-order valence-electron chi connectivity index (χ3n) is 4.82. The Balaban J connectivity index is 1.52. The Morgan fingerprint density at radius 1 is 1.32 bits per heavy atom. The van der Waals surface area contributed by atoms with Gasteiger partial charge in [0.25, 0.3) is 5.91 Å². The highest BCUT2D eigenvalue weighted by atomic mass is 16.3. The van der Waals surface area contributed by atoms with Gasteiger partial charge in [-0.25, -0.2) is 4.68 Å². The molecule has 0 unspecified atom stereocenters. The van der Waals surface area contributed by atoms with Crippen LogP contribution in [-0.4, -0.2) is 51.7 Å². The largest absolute Gasteiger partial charge is 0.393 e. The predicted molar refractivity (Wildman–Crippen MR) is 81.5 cm³/mol. The zero-order valence-corrected chi connectivity index (χ0v) is 12.9. The Labute approximate surface area is 130 Å². The van der Waals surface area contributed by atoms with Crippen molar-refractivity contribution in [3.05, 3.63) is 11.9 Å². The van der Waals surface area contributed by atoms with Crippen LogP contribution in [0.2, 0.25) is 0 Å². The van der Waals surface area contributed by atoms with Crippen molar-refractivity contribution in [3.8, 4) is 0 Å². The van der Waals surface area contributed by atoms with Crippen molar-refractivity contribution in [2.45, 2.75) is 50.7 Å². The number of rotatable bonds is 4. The molecule has 1 aliphatic carbocycles. The molecule has 7 nitrogen and oxygen atoms in total. The first kappa shape index (κ1) is 15.4. The van der Waals surface area contributed by atoms with Crippen molar-refractivity contribution < 1.29 is 9.90 Å². The number of hydrogen-bond donors (Lipinski definition) is 3. The summed E-state index contributed by atoms with van der Waals surface area (Å²) < 4.78 is 1.81. The summed E-state index contributed by atoms with van der Waals surface area (Å²) in [5, 5.41) is 24.2. The molecule has 0 bridgehead atoms. The number of aliphatic hydroxyl groups is 1.